The van der Waals surface area contributed by atoms with E-state index in [-0.39, 0.29) is 17.8 Å². The van der Waals surface area contributed by atoms with Crippen molar-refractivity contribution >= 4 is 11.7 Å². The molecule has 0 aromatic heterocycles. The lowest BCUT2D eigenvalue weighted by atomic mass is 9.72. The van der Waals surface area contributed by atoms with E-state index in [1.54, 1.807) is 0 Å². The molecule has 18 heavy (non-hydrogen) atoms. The molecule has 0 aromatic rings. The van der Waals surface area contributed by atoms with Crippen LogP contribution in [0, 0.1) is 5.41 Å². The van der Waals surface area contributed by atoms with Crippen LogP contribution in [0.2, 0.25) is 0 Å². The second-order valence-electron chi connectivity index (χ2n) is 5.11. The highest BCUT2D eigenvalue weighted by Crippen LogP contribution is 2.37. The first-order chi connectivity index (χ1) is 8.60. The number of nitrogens with one attached hydrogen (secondary N) is 1. The van der Waals surface area contributed by atoms with Gasteiger partial charge < -0.3 is 16.3 Å². The lowest BCUT2D eigenvalue weighted by molar-refractivity contribution is -0.129. The molecule has 1 amide bonds. The van der Waals surface area contributed by atoms with Crippen molar-refractivity contribution in [3.8, 4) is 0 Å². The van der Waals surface area contributed by atoms with Crippen molar-refractivity contribution in [2.24, 2.45) is 16.3 Å². The van der Waals surface area contributed by atoms with Crippen LogP contribution >= 0.6 is 0 Å². The van der Waals surface area contributed by atoms with Gasteiger partial charge in [-0.2, -0.15) is 0 Å². The molecule has 5 nitrogen and oxygen atoms in total. The first-order valence-corrected chi connectivity index (χ1v) is 6.89. The number of rotatable bonds is 5. The standard InChI is InChI=1S/C13H25N3O2/c1-3-10(4-2)15-12(17)13(11(14)16-18)8-6-5-7-9-13/h10,18H,3-9H2,1-2H3,(H2,14,16)(H,15,17). The fourth-order valence-corrected chi connectivity index (χ4v) is 2.67. The van der Waals surface area contributed by atoms with E-state index >= 15 is 0 Å². The van der Waals surface area contributed by atoms with E-state index in [9.17, 15) is 4.79 Å². The minimum atomic E-state index is -0.796. The second kappa shape index (κ2) is 6.61. The summed E-state index contributed by atoms with van der Waals surface area (Å²) in [7, 11) is 0. The summed E-state index contributed by atoms with van der Waals surface area (Å²) in [5, 5.41) is 15.1. The Morgan fingerprint density at radius 3 is 2.33 bits per heavy atom. The Hall–Kier alpha value is -1.26. The van der Waals surface area contributed by atoms with Crippen molar-refractivity contribution in [1.29, 1.82) is 0 Å². The van der Waals surface area contributed by atoms with Crippen LogP contribution in [0.4, 0.5) is 0 Å². The number of amides is 1. The lowest BCUT2D eigenvalue weighted by Gasteiger charge is -2.35. The lowest BCUT2D eigenvalue weighted by Crippen LogP contribution is -2.53. The molecule has 1 fully saturated rings. The Morgan fingerprint density at radius 2 is 1.89 bits per heavy atom. The third-order valence-corrected chi connectivity index (χ3v) is 4.06. The average molecular weight is 255 g/mol. The number of amidine groups is 1. The summed E-state index contributed by atoms with van der Waals surface area (Å²) in [4.78, 5) is 12.5. The molecule has 4 N–H and O–H groups in total. The van der Waals surface area contributed by atoms with E-state index in [2.05, 4.69) is 10.5 Å². The molecule has 0 atom stereocenters. The van der Waals surface area contributed by atoms with Crippen molar-refractivity contribution in [2.45, 2.75) is 64.8 Å². The van der Waals surface area contributed by atoms with E-state index in [4.69, 9.17) is 10.9 Å². The molecule has 0 unspecified atom stereocenters. The number of carbonyl (C=O) groups excluding carboxylic acids is 1. The van der Waals surface area contributed by atoms with E-state index in [1.165, 1.54) is 0 Å². The fourth-order valence-electron chi connectivity index (χ4n) is 2.67. The summed E-state index contributed by atoms with van der Waals surface area (Å²) in [5.41, 5.74) is 4.99. The molecular weight excluding hydrogens is 230 g/mol. The van der Waals surface area contributed by atoms with E-state index < -0.39 is 5.41 Å². The summed E-state index contributed by atoms with van der Waals surface area (Å²) in [6.45, 7) is 4.09. The third-order valence-electron chi connectivity index (χ3n) is 4.06. The fraction of sp³-hybridized carbons (Fsp3) is 0.846. The number of hydrogen-bond donors (Lipinski definition) is 3. The number of nitrogens with two attached hydrogens (primary N) is 1. The summed E-state index contributed by atoms with van der Waals surface area (Å²) >= 11 is 0. The first kappa shape index (κ1) is 14.8. The summed E-state index contributed by atoms with van der Waals surface area (Å²) in [6.07, 6.45) is 6.16. The third kappa shape index (κ3) is 2.94. The highest BCUT2D eigenvalue weighted by molar-refractivity contribution is 6.06. The van der Waals surface area contributed by atoms with E-state index in [0.29, 0.717) is 12.8 Å². The molecule has 0 aromatic carbocycles. The predicted molar refractivity (Wildman–Crippen MR) is 71.4 cm³/mol. The van der Waals surface area contributed by atoms with E-state index in [0.717, 1.165) is 32.1 Å². The van der Waals surface area contributed by atoms with Crippen LogP contribution in [0.5, 0.6) is 0 Å². The Balaban J connectivity index is 2.86. The SMILES string of the molecule is CCC(CC)NC(=O)C1(C(N)=NO)CCCCC1. The number of carbonyl (C=O) groups is 1. The molecule has 0 aliphatic heterocycles. The van der Waals surface area contributed by atoms with Gasteiger partial charge in [-0.05, 0) is 25.7 Å². The van der Waals surface area contributed by atoms with Crippen LogP contribution in [0.15, 0.2) is 5.16 Å². The van der Waals surface area contributed by atoms with Gasteiger partial charge in [0.25, 0.3) is 0 Å². The largest absolute Gasteiger partial charge is 0.409 e. The monoisotopic (exact) mass is 255 g/mol. The second-order valence-corrected chi connectivity index (χ2v) is 5.11. The normalized spacial score (nSPS) is 19.8. The highest BCUT2D eigenvalue weighted by Gasteiger charge is 2.44. The summed E-state index contributed by atoms with van der Waals surface area (Å²) in [5.74, 6) is -0.0168. The van der Waals surface area contributed by atoms with Gasteiger partial charge >= 0.3 is 0 Å². The van der Waals surface area contributed by atoms with Gasteiger partial charge in [0.05, 0.1) is 0 Å². The van der Waals surface area contributed by atoms with E-state index in [1.807, 2.05) is 13.8 Å². The van der Waals surface area contributed by atoms with Crippen molar-refractivity contribution in [2.75, 3.05) is 0 Å². The molecule has 0 heterocycles. The molecule has 104 valence electrons. The quantitative estimate of drug-likeness (QED) is 0.304. The van der Waals surface area contributed by atoms with Crippen LogP contribution in [-0.4, -0.2) is 23.0 Å². The molecule has 0 spiro atoms. The highest BCUT2D eigenvalue weighted by atomic mass is 16.4. The molecule has 1 aliphatic rings. The minimum absolute atomic E-state index is 0.0608. The molecule has 5 heteroatoms. The van der Waals surface area contributed by atoms with Gasteiger partial charge in [0.1, 0.15) is 5.41 Å². The van der Waals surface area contributed by atoms with Gasteiger partial charge in [-0.1, -0.05) is 38.3 Å². The van der Waals surface area contributed by atoms with Crippen LogP contribution in [-0.2, 0) is 4.79 Å². The van der Waals surface area contributed by atoms with Crippen LogP contribution in [0.25, 0.3) is 0 Å². The zero-order valence-electron chi connectivity index (χ0n) is 11.4. The predicted octanol–water partition coefficient (Wildman–Crippen LogP) is 1.99. The van der Waals surface area contributed by atoms with Crippen molar-refractivity contribution in [1.82, 2.24) is 5.32 Å². The van der Waals surface area contributed by atoms with Gasteiger partial charge in [-0.25, -0.2) is 0 Å². The maximum absolute atomic E-state index is 12.5. The molecule has 0 bridgehead atoms. The first-order valence-electron chi connectivity index (χ1n) is 6.89. The van der Waals surface area contributed by atoms with Crippen LogP contribution < -0.4 is 11.1 Å². The molecule has 1 aliphatic carbocycles. The summed E-state index contributed by atoms with van der Waals surface area (Å²) < 4.78 is 0. The van der Waals surface area contributed by atoms with Gasteiger partial charge in [-0.3, -0.25) is 4.79 Å². The van der Waals surface area contributed by atoms with Crippen molar-refractivity contribution in [3.05, 3.63) is 0 Å². The molecule has 0 saturated heterocycles. The number of nitrogens with zero attached hydrogens (tertiary/aromatic N) is 1. The average Bonchev–Trinajstić information content (AvgIpc) is 2.44. The Bertz CT molecular complexity index is 305. The molecule has 0 radical (unpaired) electrons. The van der Waals surface area contributed by atoms with Gasteiger partial charge in [0, 0.05) is 6.04 Å². The van der Waals surface area contributed by atoms with Gasteiger partial charge in [-0.15, -0.1) is 0 Å². The maximum Gasteiger partial charge on any atom is 0.234 e. The number of oxime groups is 1. The van der Waals surface area contributed by atoms with Crippen LogP contribution in [0.3, 0.4) is 0 Å². The van der Waals surface area contributed by atoms with Crippen molar-refractivity contribution in [3.63, 3.8) is 0 Å². The molecule has 1 saturated carbocycles. The number of hydrogen-bond acceptors (Lipinski definition) is 3. The zero-order valence-corrected chi connectivity index (χ0v) is 11.4. The van der Waals surface area contributed by atoms with Crippen molar-refractivity contribution < 1.29 is 10.0 Å². The minimum Gasteiger partial charge on any atom is -0.409 e. The topological polar surface area (TPSA) is 87.7 Å². The smallest absolute Gasteiger partial charge is 0.234 e. The Labute approximate surface area is 109 Å². The van der Waals surface area contributed by atoms with Crippen LogP contribution in [0.1, 0.15) is 58.8 Å². The Kier molecular flexibility index (Phi) is 5.44. The molecular formula is C13H25N3O2. The zero-order chi connectivity index (χ0) is 13.6. The summed E-state index contributed by atoms with van der Waals surface area (Å²) in [6, 6.07) is 0.169. The van der Waals surface area contributed by atoms with Gasteiger partial charge in [0.15, 0.2) is 5.84 Å². The Morgan fingerprint density at radius 1 is 1.33 bits per heavy atom. The van der Waals surface area contributed by atoms with Gasteiger partial charge in [0.2, 0.25) is 5.91 Å². The maximum atomic E-state index is 12.5. The molecule has 1 rings (SSSR count).